The van der Waals surface area contributed by atoms with Crippen molar-refractivity contribution in [1.29, 1.82) is 0 Å². The minimum absolute atomic E-state index is 0.569. The van der Waals surface area contributed by atoms with Crippen LogP contribution < -0.4 is 5.32 Å². The molecular formula is C12H13Cl2N3S. The van der Waals surface area contributed by atoms with Gasteiger partial charge in [0.2, 0.25) is 5.96 Å². The molecular weight excluding hydrogens is 289 g/mol. The van der Waals surface area contributed by atoms with Gasteiger partial charge in [-0.1, -0.05) is 42.3 Å². The Hall–Kier alpha value is -0.840. The van der Waals surface area contributed by atoms with E-state index in [0.29, 0.717) is 10.0 Å². The maximum Gasteiger partial charge on any atom is 0.203 e. The van der Waals surface area contributed by atoms with Gasteiger partial charge in [-0.05, 0) is 24.6 Å². The molecule has 0 saturated heterocycles. The van der Waals surface area contributed by atoms with Crippen molar-refractivity contribution in [1.82, 2.24) is 4.90 Å². The highest BCUT2D eigenvalue weighted by molar-refractivity contribution is 7.80. The zero-order valence-electron chi connectivity index (χ0n) is 9.91. The number of thiocarbonyl (C=S) groups is 1. The number of nitrogens with one attached hydrogen (secondary N) is 1. The lowest BCUT2D eigenvalue weighted by atomic mass is 10.3. The molecule has 3 nitrogen and oxygen atoms in total. The molecule has 18 heavy (non-hydrogen) atoms. The first-order valence-corrected chi connectivity index (χ1v) is 6.85. The number of hydrogen-bond donors (Lipinski definition) is 1. The number of rotatable bonds is 2. The van der Waals surface area contributed by atoms with Crippen LogP contribution in [0.4, 0.5) is 5.69 Å². The van der Waals surface area contributed by atoms with Gasteiger partial charge < -0.3 is 10.2 Å². The highest BCUT2D eigenvalue weighted by Crippen LogP contribution is 2.26. The fourth-order valence-corrected chi connectivity index (χ4v) is 2.33. The SMILES string of the molecule is CCC(=S)N1CCN=C1Nc1ccc(Cl)cc1Cl. The number of halogens is 2. The Morgan fingerprint density at radius 3 is 2.94 bits per heavy atom. The molecule has 1 aromatic carbocycles. The van der Waals surface area contributed by atoms with Gasteiger partial charge in [0.25, 0.3) is 0 Å². The van der Waals surface area contributed by atoms with Gasteiger partial charge >= 0.3 is 0 Å². The molecule has 0 amide bonds. The first-order valence-electron chi connectivity index (χ1n) is 5.68. The molecule has 0 atom stereocenters. The van der Waals surface area contributed by atoms with E-state index in [1.165, 1.54) is 0 Å². The van der Waals surface area contributed by atoms with Crippen LogP contribution in [-0.4, -0.2) is 28.9 Å². The van der Waals surface area contributed by atoms with Crippen LogP contribution >= 0.6 is 35.4 Å². The van der Waals surface area contributed by atoms with Crippen LogP contribution in [0.3, 0.4) is 0 Å². The molecule has 0 aromatic heterocycles. The van der Waals surface area contributed by atoms with Crippen LogP contribution in [0.15, 0.2) is 23.2 Å². The molecule has 2 rings (SSSR count). The molecule has 0 bridgehead atoms. The Balaban J connectivity index is 2.16. The molecule has 1 heterocycles. The highest BCUT2D eigenvalue weighted by atomic mass is 35.5. The molecule has 0 unspecified atom stereocenters. The zero-order valence-corrected chi connectivity index (χ0v) is 12.2. The summed E-state index contributed by atoms with van der Waals surface area (Å²) < 4.78 is 0. The molecule has 0 saturated carbocycles. The van der Waals surface area contributed by atoms with Crippen molar-refractivity contribution in [3.63, 3.8) is 0 Å². The van der Waals surface area contributed by atoms with E-state index in [9.17, 15) is 0 Å². The van der Waals surface area contributed by atoms with Crippen molar-refractivity contribution in [2.24, 2.45) is 4.99 Å². The van der Waals surface area contributed by atoms with E-state index < -0.39 is 0 Å². The van der Waals surface area contributed by atoms with Gasteiger partial charge in [-0.3, -0.25) is 4.99 Å². The molecule has 1 N–H and O–H groups in total. The smallest absolute Gasteiger partial charge is 0.203 e. The maximum absolute atomic E-state index is 6.12. The summed E-state index contributed by atoms with van der Waals surface area (Å²) in [6.07, 6.45) is 0.824. The van der Waals surface area contributed by atoms with E-state index in [1.54, 1.807) is 12.1 Å². The standard InChI is InChI=1S/C12H13Cl2N3S/c1-2-11(18)17-6-5-15-12(17)16-10-4-3-8(13)7-9(10)14/h3-4,7H,2,5-6H2,1H3,(H,15,16). The van der Waals surface area contributed by atoms with Crippen LogP contribution in [0.5, 0.6) is 0 Å². The van der Waals surface area contributed by atoms with Gasteiger partial charge in [0, 0.05) is 11.6 Å². The van der Waals surface area contributed by atoms with Gasteiger partial charge in [-0.15, -0.1) is 0 Å². The molecule has 0 spiro atoms. The molecule has 1 aliphatic rings. The van der Waals surface area contributed by atoms with E-state index in [4.69, 9.17) is 35.4 Å². The van der Waals surface area contributed by atoms with Crippen molar-refractivity contribution in [3.8, 4) is 0 Å². The summed E-state index contributed by atoms with van der Waals surface area (Å²) in [6.45, 7) is 3.60. The Kier molecular flexibility index (Phi) is 4.43. The third-order valence-corrected chi connectivity index (χ3v) is 3.68. The van der Waals surface area contributed by atoms with Crippen LogP contribution in [-0.2, 0) is 0 Å². The summed E-state index contributed by atoms with van der Waals surface area (Å²) in [5.41, 5.74) is 0.783. The largest absolute Gasteiger partial charge is 0.325 e. The lowest BCUT2D eigenvalue weighted by Crippen LogP contribution is -2.36. The number of guanidine groups is 1. The summed E-state index contributed by atoms with van der Waals surface area (Å²) in [4.78, 5) is 7.28. The van der Waals surface area contributed by atoms with Crippen LogP contribution in [0.2, 0.25) is 10.0 Å². The Labute approximate surface area is 122 Å². The van der Waals surface area contributed by atoms with Gasteiger partial charge in [0.15, 0.2) is 0 Å². The Morgan fingerprint density at radius 2 is 2.28 bits per heavy atom. The third kappa shape index (κ3) is 2.94. The summed E-state index contributed by atoms with van der Waals surface area (Å²) in [6, 6.07) is 5.32. The molecule has 6 heteroatoms. The molecule has 1 aliphatic heterocycles. The van der Waals surface area contributed by atoms with Crippen molar-refractivity contribution in [3.05, 3.63) is 28.2 Å². The quantitative estimate of drug-likeness (QED) is 0.842. The van der Waals surface area contributed by atoms with Crippen LogP contribution in [0.25, 0.3) is 0 Å². The zero-order chi connectivity index (χ0) is 13.1. The van der Waals surface area contributed by atoms with Crippen molar-refractivity contribution in [2.75, 3.05) is 18.4 Å². The second kappa shape index (κ2) is 5.87. The second-order valence-corrected chi connectivity index (χ2v) is 5.17. The minimum atomic E-state index is 0.569. The lowest BCUT2D eigenvalue weighted by Gasteiger charge is -2.21. The highest BCUT2D eigenvalue weighted by Gasteiger charge is 2.20. The fraction of sp³-hybridized carbons (Fsp3) is 0.333. The predicted octanol–water partition coefficient (Wildman–Crippen LogP) is 3.81. The average Bonchev–Trinajstić information content (AvgIpc) is 2.80. The number of aliphatic imine (C=N–C) groups is 1. The molecule has 0 fully saturated rings. The van der Waals surface area contributed by atoms with E-state index in [2.05, 4.69) is 10.3 Å². The van der Waals surface area contributed by atoms with Crippen molar-refractivity contribution >= 4 is 52.1 Å². The lowest BCUT2D eigenvalue weighted by molar-refractivity contribution is 0.662. The van der Waals surface area contributed by atoms with Gasteiger partial charge in [-0.2, -0.15) is 0 Å². The normalized spacial score (nSPS) is 14.6. The van der Waals surface area contributed by atoms with Crippen molar-refractivity contribution < 1.29 is 0 Å². The molecule has 96 valence electrons. The maximum atomic E-state index is 6.12. The van der Waals surface area contributed by atoms with E-state index in [0.717, 1.165) is 36.1 Å². The summed E-state index contributed by atoms with van der Waals surface area (Å²) >= 11 is 17.3. The topological polar surface area (TPSA) is 27.6 Å². The second-order valence-electron chi connectivity index (χ2n) is 3.85. The van der Waals surface area contributed by atoms with Gasteiger partial charge in [0.05, 0.1) is 22.2 Å². The van der Waals surface area contributed by atoms with Crippen LogP contribution in [0.1, 0.15) is 13.3 Å². The first-order chi connectivity index (χ1) is 8.61. The Morgan fingerprint density at radius 1 is 1.50 bits per heavy atom. The first kappa shape index (κ1) is 13.6. The number of hydrogen-bond acceptors (Lipinski definition) is 3. The predicted molar refractivity (Wildman–Crippen MR) is 82.0 cm³/mol. The van der Waals surface area contributed by atoms with Crippen molar-refractivity contribution in [2.45, 2.75) is 13.3 Å². The minimum Gasteiger partial charge on any atom is -0.325 e. The molecule has 0 radical (unpaired) electrons. The summed E-state index contributed by atoms with van der Waals surface area (Å²) in [5, 5.41) is 4.38. The third-order valence-electron chi connectivity index (χ3n) is 2.62. The number of anilines is 1. The molecule has 0 aliphatic carbocycles. The number of nitrogens with zero attached hydrogens (tertiary/aromatic N) is 2. The van der Waals surface area contributed by atoms with E-state index >= 15 is 0 Å². The van der Waals surface area contributed by atoms with Gasteiger partial charge in [0.1, 0.15) is 0 Å². The monoisotopic (exact) mass is 301 g/mol. The fourth-order valence-electron chi connectivity index (χ4n) is 1.70. The van der Waals surface area contributed by atoms with E-state index in [-0.39, 0.29) is 0 Å². The van der Waals surface area contributed by atoms with E-state index in [1.807, 2.05) is 17.9 Å². The average molecular weight is 302 g/mol. The Bertz CT molecular complexity index is 502. The van der Waals surface area contributed by atoms with Gasteiger partial charge in [-0.25, -0.2) is 0 Å². The number of benzene rings is 1. The van der Waals surface area contributed by atoms with Crippen LogP contribution in [0, 0.1) is 0 Å². The molecule has 1 aromatic rings. The summed E-state index contributed by atoms with van der Waals surface area (Å²) in [7, 11) is 0. The summed E-state index contributed by atoms with van der Waals surface area (Å²) in [5.74, 6) is 0.756.